The lowest BCUT2D eigenvalue weighted by molar-refractivity contribution is -0.139. The van der Waals surface area contributed by atoms with Gasteiger partial charge in [0.15, 0.2) is 0 Å². The minimum absolute atomic E-state index is 0.0162. The van der Waals surface area contributed by atoms with Crippen LogP contribution in [0, 0.1) is 0 Å². The molecule has 0 radical (unpaired) electrons. The van der Waals surface area contributed by atoms with Crippen molar-refractivity contribution in [2.45, 2.75) is 19.3 Å². The van der Waals surface area contributed by atoms with Crippen LogP contribution in [0.4, 0.5) is 0 Å². The maximum absolute atomic E-state index is 11.4. The van der Waals surface area contributed by atoms with Crippen LogP contribution in [0.25, 0.3) is 0 Å². The third kappa shape index (κ3) is 33.9. The van der Waals surface area contributed by atoms with Gasteiger partial charge < -0.3 is 67.3 Å². The molecule has 3 amide bonds. The number of carbonyl (C=O) groups is 4. The van der Waals surface area contributed by atoms with Crippen LogP contribution >= 0.6 is 0 Å². The van der Waals surface area contributed by atoms with Crippen molar-refractivity contribution in [1.82, 2.24) is 10.2 Å². The predicted octanol–water partition coefficient (Wildman–Crippen LogP) is -0.518. The summed E-state index contributed by atoms with van der Waals surface area (Å²) in [6, 6.07) is 0. The first-order valence-electron chi connectivity index (χ1n) is 18.5. The van der Waals surface area contributed by atoms with Gasteiger partial charge in [-0.05, 0) is 6.42 Å². The number of imide groups is 1. The maximum atomic E-state index is 11.4. The van der Waals surface area contributed by atoms with E-state index in [0.717, 1.165) is 4.90 Å². The van der Waals surface area contributed by atoms with Crippen LogP contribution < -0.4 is 5.32 Å². The van der Waals surface area contributed by atoms with E-state index in [-0.39, 0.29) is 43.7 Å². The first-order valence-corrected chi connectivity index (χ1v) is 18.5. The highest BCUT2D eigenvalue weighted by molar-refractivity contribution is 6.12. The number of ether oxygens (including phenoxy) is 12. The molecule has 1 aliphatic rings. The molecule has 54 heavy (non-hydrogen) atoms. The number of carbonyl (C=O) groups excluding carboxylic acids is 3. The Labute approximate surface area is 318 Å². The molecule has 0 aromatic rings. The molecule has 0 bridgehead atoms. The Hall–Kier alpha value is -2.66. The zero-order valence-electron chi connectivity index (χ0n) is 31.6. The summed E-state index contributed by atoms with van der Waals surface area (Å²) in [7, 11) is 0. The van der Waals surface area contributed by atoms with E-state index in [9.17, 15) is 19.2 Å². The smallest absolute Gasteiger partial charge is 0.303 e. The van der Waals surface area contributed by atoms with Gasteiger partial charge in [0.1, 0.15) is 0 Å². The third-order valence-electron chi connectivity index (χ3n) is 6.81. The van der Waals surface area contributed by atoms with E-state index >= 15 is 0 Å². The molecule has 2 N–H and O–H groups in total. The van der Waals surface area contributed by atoms with Crippen molar-refractivity contribution in [3.8, 4) is 0 Å². The molecule has 19 nitrogen and oxygen atoms in total. The normalized spacial score (nSPS) is 12.7. The van der Waals surface area contributed by atoms with E-state index in [0.29, 0.717) is 165 Å². The van der Waals surface area contributed by atoms with E-state index in [1.54, 1.807) is 0 Å². The summed E-state index contributed by atoms with van der Waals surface area (Å²) in [6.45, 7) is 11.4. The van der Waals surface area contributed by atoms with E-state index in [1.807, 2.05) is 0 Å². The number of nitrogens with zero attached hydrogens (tertiary/aromatic N) is 1. The van der Waals surface area contributed by atoms with Gasteiger partial charge in [0, 0.05) is 31.7 Å². The molecule has 0 aromatic heterocycles. The van der Waals surface area contributed by atoms with Gasteiger partial charge in [-0.25, -0.2) is 0 Å². The first-order chi connectivity index (χ1) is 26.5. The number of amides is 3. The molecular formula is C35H62N2O17. The Morgan fingerprint density at radius 3 is 1.02 bits per heavy atom. The zero-order chi connectivity index (χ0) is 39.0. The van der Waals surface area contributed by atoms with E-state index in [4.69, 9.17) is 61.9 Å². The topological polar surface area (TPSA) is 215 Å². The lowest BCUT2D eigenvalue weighted by atomic mass is 10.3. The fraction of sp³-hybridized carbons (Fsp3) is 0.829. The van der Waals surface area contributed by atoms with Gasteiger partial charge in [-0.3, -0.25) is 24.1 Å². The van der Waals surface area contributed by atoms with E-state index < -0.39 is 5.97 Å². The van der Waals surface area contributed by atoms with Crippen molar-refractivity contribution in [2.75, 3.05) is 172 Å². The summed E-state index contributed by atoms with van der Waals surface area (Å²) in [5.41, 5.74) is 0. The average molecular weight is 783 g/mol. The summed E-state index contributed by atoms with van der Waals surface area (Å²) in [5, 5.41) is 11.2. The predicted molar refractivity (Wildman–Crippen MR) is 190 cm³/mol. The summed E-state index contributed by atoms with van der Waals surface area (Å²) >= 11 is 0. The van der Waals surface area contributed by atoms with E-state index in [2.05, 4.69) is 5.32 Å². The Balaban J connectivity index is 1.62. The van der Waals surface area contributed by atoms with Crippen molar-refractivity contribution in [3.63, 3.8) is 0 Å². The number of carboxylic acid groups (broad SMARTS) is 1. The third-order valence-corrected chi connectivity index (χ3v) is 6.81. The SMILES string of the molecule is O=C(O)CCC(=O)NCCCOCCOCCOCCOCCOCCOCCOCCOCCOCCOCCOCCOCCN1C(=O)C=CC1=O. The number of hydrogen-bond donors (Lipinski definition) is 2. The highest BCUT2D eigenvalue weighted by Crippen LogP contribution is 2.02. The molecule has 1 aliphatic heterocycles. The standard InChI is InChI=1S/C35H62N2O17/c38-32(2-5-35(41)42)36-6-1-8-43-10-12-45-14-16-47-18-20-49-22-24-51-26-28-53-30-31-54-29-27-52-25-23-50-21-19-48-17-15-46-13-11-44-9-7-37-33(39)3-4-34(37)40/h3-4H,1-2,5-31H2,(H,36,38)(H,41,42). The van der Waals surface area contributed by atoms with Crippen LogP contribution in [-0.4, -0.2) is 205 Å². The average Bonchev–Trinajstić information content (AvgIpc) is 3.48. The second kappa shape index (κ2) is 38.6. The number of aliphatic carboxylic acids is 1. The molecule has 0 saturated carbocycles. The molecule has 1 rings (SSSR count). The van der Waals surface area contributed by atoms with Gasteiger partial charge in [-0.2, -0.15) is 0 Å². The Bertz CT molecular complexity index is 941. The summed E-state index contributed by atoms with van der Waals surface area (Å²) in [4.78, 5) is 45.7. The van der Waals surface area contributed by atoms with Crippen molar-refractivity contribution in [1.29, 1.82) is 0 Å². The zero-order valence-corrected chi connectivity index (χ0v) is 31.6. The van der Waals surface area contributed by atoms with Crippen molar-refractivity contribution < 1.29 is 81.1 Å². The largest absolute Gasteiger partial charge is 0.481 e. The Morgan fingerprint density at radius 1 is 0.444 bits per heavy atom. The lowest BCUT2D eigenvalue weighted by Gasteiger charge is -2.13. The molecule has 0 aliphatic carbocycles. The fourth-order valence-electron chi connectivity index (χ4n) is 4.04. The van der Waals surface area contributed by atoms with Crippen LogP contribution in [-0.2, 0) is 76.0 Å². The molecule has 0 aromatic carbocycles. The highest BCUT2D eigenvalue weighted by atomic mass is 16.6. The summed E-state index contributed by atoms with van der Waals surface area (Å²) in [6.07, 6.45) is 2.96. The molecule has 0 fully saturated rings. The van der Waals surface area contributed by atoms with Gasteiger partial charge in [0.05, 0.1) is 165 Å². The molecule has 0 saturated heterocycles. The second-order valence-corrected chi connectivity index (χ2v) is 11.1. The molecular weight excluding hydrogens is 720 g/mol. The van der Waals surface area contributed by atoms with Crippen molar-refractivity contribution >= 4 is 23.7 Å². The van der Waals surface area contributed by atoms with Crippen molar-refractivity contribution in [3.05, 3.63) is 12.2 Å². The van der Waals surface area contributed by atoms with Gasteiger partial charge in [0.25, 0.3) is 11.8 Å². The maximum Gasteiger partial charge on any atom is 0.303 e. The first kappa shape index (κ1) is 49.4. The van der Waals surface area contributed by atoms with E-state index in [1.165, 1.54) is 12.2 Å². The number of rotatable bonds is 43. The lowest BCUT2D eigenvalue weighted by Crippen LogP contribution is -2.33. The van der Waals surface area contributed by atoms with Gasteiger partial charge in [-0.15, -0.1) is 0 Å². The van der Waals surface area contributed by atoms with Crippen LogP contribution in [0.15, 0.2) is 12.2 Å². The van der Waals surface area contributed by atoms with Crippen LogP contribution in [0.3, 0.4) is 0 Å². The Morgan fingerprint density at radius 2 is 0.722 bits per heavy atom. The Kier molecular flexibility index (Phi) is 35.3. The summed E-state index contributed by atoms with van der Waals surface area (Å²) < 4.78 is 65.3. The second-order valence-electron chi connectivity index (χ2n) is 11.1. The molecule has 1 heterocycles. The van der Waals surface area contributed by atoms with Crippen LogP contribution in [0.5, 0.6) is 0 Å². The number of hydrogen-bond acceptors (Lipinski definition) is 16. The molecule has 314 valence electrons. The minimum atomic E-state index is -0.988. The fourth-order valence-corrected chi connectivity index (χ4v) is 4.04. The molecule has 19 heteroatoms. The van der Waals surface area contributed by atoms with Gasteiger partial charge in [0.2, 0.25) is 5.91 Å². The number of carboxylic acids is 1. The highest BCUT2D eigenvalue weighted by Gasteiger charge is 2.22. The quantitative estimate of drug-likeness (QED) is 0.0588. The molecule has 0 spiro atoms. The molecule has 0 unspecified atom stereocenters. The minimum Gasteiger partial charge on any atom is -0.481 e. The van der Waals surface area contributed by atoms with Crippen LogP contribution in [0.2, 0.25) is 0 Å². The van der Waals surface area contributed by atoms with Crippen LogP contribution in [0.1, 0.15) is 19.3 Å². The van der Waals surface area contributed by atoms with Crippen molar-refractivity contribution in [2.24, 2.45) is 0 Å². The van der Waals surface area contributed by atoms with Gasteiger partial charge >= 0.3 is 5.97 Å². The number of nitrogens with one attached hydrogen (secondary N) is 1. The molecule has 0 atom stereocenters. The van der Waals surface area contributed by atoms with Gasteiger partial charge in [-0.1, -0.05) is 0 Å². The monoisotopic (exact) mass is 782 g/mol. The summed E-state index contributed by atoms with van der Waals surface area (Å²) in [5.74, 6) is -1.89.